The van der Waals surface area contributed by atoms with Crippen molar-refractivity contribution in [3.8, 4) is 45.3 Å². The first-order valence-electron chi connectivity index (χ1n) is 21.4. The molecule has 64 heavy (non-hydrogen) atoms. The highest BCUT2D eigenvalue weighted by Gasteiger charge is 2.23. The van der Waals surface area contributed by atoms with Gasteiger partial charge in [0.15, 0.2) is 23.2 Å². The van der Waals surface area contributed by atoms with Crippen LogP contribution in [0.4, 0.5) is 5.69 Å². The van der Waals surface area contributed by atoms with Gasteiger partial charge in [0.2, 0.25) is 0 Å². The van der Waals surface area contributed by atoms with Crippen molar-refractivity contribution in [3.05, 3.63) is 236 Å². The summed E-state index contributed by atoms with van der Waals surface area (Å²) in [6.45, 7) is 13.9. The van der Waals surface area contributed by atoms with Crippen molar-refractivity contribution < 1.29 is 0 Å². The Morgan fingerprint density at radius 2 is 1.17 bits per heavy atom. The molecule has 0 saturated heterocycles. The van der Waals surface area contributed by atoms with Crippen LogP contribution in [0.2, 0.25) is 0 Å². The van der Waals surface area contributed by atoms with Crippen LogP contribution in [-0.2, 0) is 6.42 Å². The summed E-state index contributed by atoms with van der Waals surface area (Å²) in [7, 11) is 0. The molecule has 0 radical (unpaired) electrons. The quantitative estimate of drug-likeness (QED) is 0.0964. The van der Waals surface area contributed by atoms with Gasteiger partial charge in [-0.1, -0.05) is 158 Å². The van der Waals surface area contributed by atoms with Crippen LogP contribution < -0.4 is 0 Å². The van der Waals surface area contributed by atoms with Crippen molar-refractivity contribution in [3.63, 3.8) is 0 Å². The molecule has 7 aromatic carbocycles. The standard InChI is InChI=1S/C58H42N6/c1-4-6-8-12-26-42-36-43(58-61-55(31-17-9-7-5-2)60-57(62-58)41-24-15-11-16-25-41)37-48(40-22-13-10-14-23-40)56(42)64-53-34-32-44(59-3)38-49(53)50-39-45(33-35-54(50)64)63-51-29-20-18-27-46(51)47-28-19-21-30-52(47)63/h4-25,27-39H,2,26H2,1H3/b6-4-,9-7-,12-8-,31-17+. The number of fused-ring (bicyclic) bond motifs is 6. The van der Waals surface area contributed by atoms with E-state index >= 15 is 0 Å². The van der Waals surface area contributed by atoms with Gasteiger partial charge in [0.05, 0.1) is 34.3 Å². The molecule has 0 aliphatic carbocycles. The summed E-state index contributed by atoms with van der Waals surface area (Å²) in [6.07, 6.45) is 18.4. The maximum atomic E-state index is 8.04. The zero-order chi connectivity index (χ0) is 43.4. The Morgan fingerprint density at radius 1 is 0.547 bits per heavy atom. The highest BCUT2D eigenvalue weighted by molar-refractivity contribution is 6.13. The van der Waals surface area contributed by atoms with Gasteiger partial charge in [-0.2, -0.15) is 0 Å². The van der Waals surface area contributed by atoms with E-state index in [1.165, 1.54) is 10.8 Å². The highest BCUT2D eigenvalue weighted by Crippen LogP contribution is 2.43. The summed E-state index contributed by atoms with van der Waals surface area (Å²) >= 11 is 0. The topological polar surface area (TPSA) is 52.9 Å². The summed E-state index contributed by atoms with van der Waals surface area (Å²) in [5.41, 5.74) is 12.0. The number of nitrogens with zero attached hydrogens (tertiary/aromatic N) is 6. The van der Waals surface area contributed by atoms with Crippen LogP contribution in [0.3, 0.4) is 0 Å². The molecule has 6 heteroatoms. The molecule has 0 atom stereocenters. The number of rotatable bonds is 11. The summed E-state index contributed by atoms with van der Waals surface area (Å²) in [4.78, 5) is 19.0. The molecule has 10 aromatic rings. The second-order valence-corrected chi connectivity index (χ2v) is 15.5. The fraction of sp³-hybridized carbons (Fsp3) is 0.0345. The molecule has 0 bridgehead atoms. The average molecular weight is 823 g/mol. The van der Waals surface area contributed by atoms with Crippen molar-refractivity contribution in [2.75, 3.05) is 0 Å². The van der Waals surface area contributed by atoms with E-state index in [0.717, 1.165) is 72.0 Å². The lowest BCUT2D eigenvalue weighted by Crippen LogP contribution is -2.05. The van der Waals surface area contributed by atoms with Crippen molar-refractivity contribution in [2.45, 2.75) is 13.3 Å². The minimum Gasteiger partial charge on any atom is -0.309 e. The van der Waals surface area contributed by atoms with Gasteiger partial charge in [0.1, 0.15) is 0 Å². The average Bonchev–Trinajstić information content (AvgIpc) is 3.86. The van der Waals surface area contributed by atoms with Crippen molar-refractivity contribution in [1.29, 1.82) is 0 Å². The van der Waals surface area contributed by atoms with Crippen molar-refractivity contribution in [1.82, 2.24) is 24.1 Å². The minimum atomic E-state index is 0.550. The van der Waals surface area contributed by atoms with E-state index in [-0.39, 0.29) is 0 Å². The maximum absolute atomic E-state index is 8.04. The number of hydrogen-bond acceptors (Lipinski definition) is 3. The fourth-order valence-corrected chi connectivity index (χ4v) is 8.71. The lowest BCUT2D eigenvalue weighted by molar-refractivity contribution is 1.04. The van der Waals surface area contributed by atoms with E-state index in [2.05, 4.69) is 148 Å². The predicted molar refractivity (Wildman–Crippen MR) is 267 cm³/mol. The molecule has 0 N–H and O–H groups in total. The third kappa shape index (κ3) is 7.31. The van der Waals surface area contributed by atoms with E-state index in [1.54, 1.807) is 6.08 Å². The molecule has 0 aliphatic heterocycles. The summed E-state index contributed by atoms with van der Waals surface area (Å²) < 4.78 is 4.74. The molecule has 0 amide bonds. The molecule has 6 nitrogen and oxygen atoms in total. The Hall–Kier alpha value is -8.66. The van der Waals surface area contributed by atoms with Crippen LogP contribution in [0.5, 0.6) is 0 Å². The van der Waals surface area contributed by atoms with E-state index in [0.29, 0.717) is 29.6 Å². The van der Waals surface area contributed by atoms with Crippen molar-refractivity contribution >= 4 is 55.4 Å². The number of allylic oxidation sites excluding steroid dienone is 8. The monoisotopic (exact) mass is 822 g/mol. The van der Waals surface area contributed by atoms with E-state index < -0.39 is 0 Å². The molecule has 3 heterocycles. The van der Waals surface area contributed by atoms with E-state index in [9.17, 15) is 0 Å². The molecule has 304 valence electrons. The highest BCUT2D eigenvalue weighted by atomic mass is 15.0. The lowest BCUT2D eigenvalue weighted by atomic mass is 9.94. The van der Waals surface area contributed by atoms with Gasteiger partial charge in [0.25, 0.3) is 0 Å². The van der Waals surface area contributed by atoms with E-state index in [1.807, 2.05) is 85.8 Å². The summed E-state index contributed by atoms with van der Waals surface area (Å²) in [5.74, 6) is 1.72. The van der Waals surface area contributed by atoms with Crippen molar-refractivity contribution in [2.24, 2.45) is 0 Å². The molecule has 0 aliphatic rings. The largest absolute Gasteiger partial charge is 0.309 e. The molecule has 0 fully saturated rings. The number of hydrogen-bond donors (Lipinski definition) is 0. The number of benzene rings is 7. The predicted octanol–water partition coefficient (Wildman–Crippen LogP) is 15.0. The molecular weight excluding hydrogens is 781 g/mol. The third-order valence-electron chi connectivity index (χ3n) is 11.5. The van der Waals surface area contributed by atoms with Crippen LogP contribution in [-0.4, -0.2) is 24.1 Å². The Morgan fingerprint density at radius 3 is 1.86 bits per heavy atom. The zero-order valence-corrected chi connectivity index (χ0v) is 35.3. The van der Waals surface area contributed by atoms with Crippen LogP contribution >= 0.6 is 0 Å². The number of aromatic nitrogens is 5. The SMILES string of the molecule is [C-]#[N+]c1ccc2c(c1)c1cc(-n3c4ccccc4c4ccccc43)ccc1n2-c1c(C/C=C\C=C/C)cc(-c2nc(/C=C/C=C\C=C)nc(-c3ccccc3)n2)cc1-c1ccccc1. The van der Waals surface area contributed by atoms with Crippen LogP contribution in [0.25, 0.3) is 99.8 Å². The first-order chi connectivity index (χ1) is 31.6. The first kappa shape index (κ1) is 39.5. The molecule has 0 saturated carbocycles. The molecule has 3 aromatic heterocycles. The van der Waals surface area contributed by atoms with Crippen LogP contribution in [0, 0.1) is 6.57 Å². The second-order valence-electron chi connectivity index (χ2n) is 15.5. The Bertz CT molecular complexity index is 3500. The molecule has 10 rings (SSSR count). The van der Waals surface area contributed by atoms with Gasteiger partial charge in [0, 0.05) is 38.5 Å². The first-order valence-corrected chi connectivity index (χ1v) is 21.4. The zero-order valence-electron chi connectivity index (χ0n) is 35.3. The fourth-order valence-electron chi connectivity index (χ4n) is 8.71. The van der Waals surface area contributed by atoms with Crippen LogP contribution in [0.15, 0.2) is 213 Å². The summed E-state index contributed by atoms with van der Waals surface area (Å²) in [6, 6.07) is 55.0. The Kier molecular flexibility index (Phi) is 10.7. The van der Waals surface area contributed by atoms with Gasteiger partial charge in [-0.3, -0.25) is 0 Å². The van der Waals surface area contributed by atoms with Gasteiger partial charge in [-0.05, 0) is 90.5 Å². The molecule has 0 spiro atoms. The summed E-state index contributed by atoms with van der Waals surface area (Å²) in [5, 5.41) is 4.49. The lowest BCUT2D eigenvalue weighted by Gasteiger charge is -2.20. The minimum absolute atomic E-state index is 0.550. The van der Waals surface area contributed by atoms with Crippen LogP contribution in [0.1, 0.15) is 18.3 Å². The molecular formula is C58H42N6. The third-order valence-corrected chi connectivity index (χ3v) is 11.5. The van der Waals surface area contributed by atoms with E-state index in [4.69, 9.17) is 21.5 Å². The van der Waals surface area contributed by atoms with Gasteiger partial charge < -0.3 is 9.13 Å². The maximum Gasteiger partial charge on any atom is 0.188 e. The Balaban J connectivity index is 1.27. The normalized spacial score (nSPS) is 12.0. The van der Waals surface area contributed by atoms with Gasteiger partial charge >= 0.3 is 0 Å². The number of para-hydroxylation sites is 2. The van der Waals surface area contributed by atoms with Gasteiger partial charge in [-0.15, -0.1) is 0 Å². The Labute approximate surface area is 372 Å². The smallest absolute Gasteiger partial charge is 0.188 e. The van der Waals surface area contributed by atoms with Gasteiger partial charge in [-0.25, -0.2) is 19.8 Å². The molecule has 0 unspecified atom stereocenters. The second kappa shape index (κ2) is 17.4.